The molecule has 0 spiro atoms. The number of halogens is 3. The molecule has 3 rings (SSSR count). The van der Waals surface area contributed by atoms with E-state index in [1.54, 1.807) is 35.2 Å². The topological polar surface area (TPSA) is 49.4 Å². The van der Waals surface area contributed by atoms with Gasteiger partial charge < -0.3 is 10.2 Å². The number of hydrogen-bond acceptors (Lipinski definition) is 2. The van der Waals surface area contributed by atoms with Crippen LogP contribution in [0.25, 0.3) is 0 Å². The van der Waals surface area contributed by atoms with E-state index in [1.165, 1.54) is 0 Å². The summed E-state index contributed by atoms with van der Waals surface area (Å²) in [5.41, 5.74) is 2.50. The molecule has 0 aliphatic rings. The number of hydrogen-bond donors (Lipinski definition) is 1. The third-order valence-corrected chi connectivity index (χ3v) is 6.73. The Hall–Kier alpha value is -2.53. The van der Waals surface area contributed by atoms with E-state index in [0.29, 0.717) is 27.1 Å². The zero-order valence-electron chi connectivity index (χ0n) is 19.8. The van der Waals surface area contributed by atoms with E-state index in [-0.39, 0.29) is 30.8 Å². The average Bonchev–Trinajstić information content (AvgIpc) is 2.84. The summed E-state index contributed by atoms with van der Waals surface area (Å²) in [5, 5.41) is 4.59. The van der Waals surface area contributed by atoms with Crippen LogP contribution in [0, 0.1) is 0 Å². The highest BCUT2D eigenvalue weighted by Gasteiger charge is 2.31. The van der Waals surface area contributed by atoms with Gasteiger partial charge in [-0.3, -0.25) is 9.59 Å². The largest absolute Gasteiger partial charge is 0.352 e. The fraction of sp³-hybridized carbons (Fsp3) is 0.286. The molecule has 0 radical (unpaired) electrons. The Balaban J connectivity index is 1.98. The molecule has 0 aromatic heterocycles. The summed E-state index contributed by atoms with van der Waals surface area (Å²) >= 11 is 18.5. The van der Waals surface area contributed by atoms with Crippen LogP contribution in [0.2, 0.25) is 15.1 Å². The van der Waals surface area contributed by atoms with Gasteiger partial charge in [0.15, 0.2) is 0 Å². The molecule has 0 bridgehead atoms. The molecule has 2 atom stereocenters. The highest BCUT2D eigenvalue weighted by atomic mass is 35.5. The van der Waals surface area contributed by atoms with Crippen molar-refractivity contribution in [2.45, 2.75) is 51.7 Å². The Kier molecular flexibility index (Phi) is 10.0. The highest BCUT2D eigenvalue weighted by molar-refractivity contribution is 6.35. The van der Waals surface area contributed by atoms with Gasteiger partial charge in [-0.1, -0.05) is 90.3 Å². The van der Waals surface area contributed by atoms with Gasteiger partial charge in [-0.05, 0) is 54.3 Å². The first-order valence-electron chi connectivity index (χ1n) is 11.6. The molecule has 0 aliphatic carbocycles. The van der Waals surface area contributed by atoms with E-state index in [2.05, 4.69) is 5.32 Å². The molecule has 0 fully saturated rings. The van der Waals surface area contributed by atoms with Crippen molar-refractivity contribution < 1.29 is 9.59 Å². The Morgan fingerprint density at radius 2 is 1.54 bits per heavy atom. The van der Waals surface area contributed by atoms with Crippen LogP contribution in [0.15, 0.2) is 72.8 Å². The first-order valence-corrected chi connectivity index (χ1v) is 12.7. The summed E-state index contributed by atoms with van der Waals surface area (Å²) in [7, 11) is 0. The molecular formula is C28H29Cl3N2O2. The van der Waals surface area contributed by atoms with Gasteiger partial charge in [0.2, 0.25) is 11.8 Å². The van der Waals surface area contributed by atoms with Crippen LogP contribution in [0.1, 0.15) is 37.0 Å². The normalized spacial score (nSPS) is 12.6. The molecule has 3 aromatic carbocycles. The fourth-order valence-corrected chi connectivity index (χ4v) is 4.31. The maximum Gasteiger partial charge on any atom is 0.243 e. The second-order valence-corrected chi connectivity index (χ2v) is 9.86. The Labute approximate surface area is 222 Å². The van der Waals surface area contributed by atoms with E-state index >= 15 is 0 Å². The molecular weight excluding hydrogens is 503 g/mol. The number of nitrogens with zero attached hydrogens (tertiary/aromatic N) is 1. The van der Waals surface area contributed by atoms with Gasteiger partial charge in [-0.2, -0.15) is 0 Å². The summed E-state index contributed by atoms with van der Waals surface area (Å²) in [6.45, 7) is 4.22. The quantitative estimate of drug-likeness (QED) is 0.315. The number of carbonyl (C=O) groups is 2. The van der Waals surface area contributed by atoms with Crippen molar-refractivity contribution in [3.05, 3.63) is 105 Å². The number of rotatable bonds is 10. The molecule has 184 valence electrons. The van der Waals surface area contributed by atoms with Gasteiger partial charge in [0.1, 0.15) is 6.04 Å². The maximum absolute atomic E-state index is 13.7. The molecule has 0 saturated carbocycles. The molecule has 3 aromatic rings. The van der Waals surface area contributed by atoms with Crippen molar-refractivity contribution >= 4 is 46.6 Å². The van der Waals surface area contributed by atoms with Crippen molar-refractivity contribution in [2.24, 2.45) is 0 Å². The number of amides is 2. The molecule has 7 heteroatoms. The second-order valence-electron chi connectivity index (χ2n) is 8.58. The van der Waals surface area contributed by atoms with Crippen LogP contribution in [-0.2, 0) is 29.0 Å². The number of nitrogens with one attached hydrogen (secondary N) is 1. The maximum atomic E-state index is 13.7. The summed E-state index contributed by atoms with van der Waals surface area (Å²) in [6.07, 6.45) is 1.22. The molecule has 35 heavy (non-hydrogen) atoms. The summed E-state index contributed by atoms with van der Waals surface area (Å²) in [4.78, 5) is 28.9. The van der Waals surface area contributed by atoms with Crippen LogP contribution >= 0.6 is 34.8 Å². The smallest absolute Gasteiger partial charge is 0.243 e. The lowest BCUT2D eigenvalue weighted by Gasteiger charge is -2.32. The predicted octanol–water partition coefficient (Wildman–Crippen LogP) is 6.74. The van der Waals surface area contributed by atoms with Gasteiger partial charge >= 0.3 is 0 Å². The van der Waals surface area contributed by atoms with Crippen molar-refractivity contribution in [3.8, 4) is 0 Å². The summed E-state index contributed by atoms with van der Waals surface area (Å²) < 4.78 is 0. The number of carbonyl (C=O) groups excluding carboxylic acids is 2. The van der Waals surface area contributed by atoms with Crippen LogP contribution < -0.4 is 5.32 Å². The predicted molar refractivity (Wildman–Crippen MR) is 144 cm³/mol. The molecule has 1 N–H and O–H groups in total. The minimum atomic E-state index is -0.708. The lowest BCUT2D eigenvalue weighted by atomic mass is 10.0. The molecule has 0 unspecified atom stereocenters. The van der Waals surface area contributed by atoms with Gasteiger partial charge in [0, 0.05) is 34.1 Å². The Bertz CT molecular complexity index is 1140. The molecule has 0 heterocycles. The van der Waals surface area contributed by atoms with Crippen LogP contribution in [0.4, 0.5) is 0 Å². The van der Waals surface area contributed by atoms with E-state index < -0.39 is 6.04 Å². The zero-order valence-corrected chi connectivity index (χ0v) is 22.1. The van der Waals surface area contributed by atoms with E-state index in [0.717, 1.165) is 17.5 Å². The molecule has 4 nitrogen and oxygen atoms in total. The summed E-state index contributed by atoms with van der Waals surface area (Å²) in [5.74, 6) is -0.392. The third-order valence-electron chi connectivity index (χ3n) is 5.90. The van der Waals surface area contributed by atoms with Crippen molar-refractivity contribution in [2.75, 3.05) is 0 Å². The van der Waals surface area contributed by atoms with Gasteiger partial charge in [0.05, 0.1) is 6.42 Å². The number of benzene rings is 3. The van der Waals surface area contributed by atoms with Crippen LogP contribution in [0.3, 0.4) is 0 Å². The summed E-state index contributed by atoms with van der Waals surface area (Å²) in [6, 6.07) is 21.3. The van der Waals surface area contributed by atoms with E-state index in [4.69, 9.17) is 34.8 Å². The average molecular weight is 532 g/mol. The van der Waals surface area contributed by atoms with Gasteiger partial charge in [0.25, 0.3) is 0 Å². The second kappa shape index (κ2) is 13.0. The zero-order chi connectivity index (χ0) is 25.4. The minimum absolute atomic E-state index is 0.0148. The van der Waals surface area contributed by atoms with Crippen LogP contribution in [0.5, 0.6) is 0 Å². The Morgan fingerprint density at radius 1 is 0.886 bits per heavy atom. The van der Waals surface area contributed by atoms with Gasteiger partial charge in [-0.25, -0.2) is 0 Å². The lowest BCUT2D eigenvalue weighted by molar-refractivity contribution is -0.141. The highest BCUT2D eigenvalue weighted by Crippen LogP contribution is 2.24. The van der Waals surface area contributed by atoms with Crippen molar-refractivity contribution in [1.82, 2.24) is 10.2 Å². The molecule has 0 saturated heterocycles. The third kappa shape index (κ3) is 7.99. The monoisotopic (exact) mass is 530 g/mol. The fourth-order valence-electron chi connectivity index (χ4n) is 3.71. The van der Waals surface area contributed by atoms with E-state index in [9.17, 15) is 9.59 Å². The SMILES string of the molecule is CC[C@@H](C)NC(=O)[C@@H](Cc1ccccc1)N(Cc1ccc(Cl)cc1)C(=O)Cc1ccc(Cl)cc1Cl. The minimum Gasteiger partial charge on any atom is -0.352 e. The van der Waals surface area contributed by atoms with Gasteiger partial charge in [-0.15, -0.1) is 0 Å². The Morgan fingerprint density at radius 3 is 2.17 bits per heavy atom. The van der Waals surface area contributed by atoms with Crippen LogP contribution in [-0.4, -0.2) is 28.8 Å². The van der Waals surface area contributed by atoms with Crippen molar-refractivity contribution in [3.63, 3.8) is 0 Å². The van der Waals surface area contributed by atoms with Crippen molar-refractivity contribution in [1.29, 1.82) is 0 Å². The standard InChI is InChI=1S/C28H29Cl3N2O2/c1-3-19(2)32-28(35)26(15-20-7-5-4-6-8-20)33(18-21-9-12-23(29)13-10-21)27(34)16-22-11-14-24(30)17-25(22)31/h4-14,17,19,26H,3,15-16,18H2,1-2H3,(H,32,35)/t19-,26-/m1/s1. The first kappa shape index (κ1) is 27.1. The molecule has 0 aliphatic heterocycles. The first-order chi connectivity index (χ1) is 16.8. The lowest BCUT2D eigenvalue weighted by Crippen LogP contribution is -2.52. The molecule has 2 amide bonds. The van der Waals surface area contributed by atoms with E-state index in [1.807, 2.05) is 56.3 Å².